The molecular formula is C27H28N2O6. The molecule has 3 fully saturated rings. The number of nitrogens with zero attached hydrogens (tertiary/aromatic N) is 1. The van der Waals surface area contributed by atoms with Gasteiger partial charge < -0.3 is 24.8 Å². The third-order valence-corrected chi connectivity index (χ3v) is 8.26. The number of ether oxygens (including phenoxy) is 2. The van der Waals surface area contributed by atoms with E-state index in [0.717, 1.165) is 22.3 Å². The van der Waals surface area contributed by atoms with Crippen LogP contribution in [-0.4, -0.2) is 66.4 Å². The molecule has 2 N–H and O–H groups in total. The fraction of sp³-hybridized carbons (Fsp3) is 0.444. The van der Waals surface area contributed by atoms with Crippen LogP contribution in [0.5, 0.6) is 0 Å². The minimum Gasteiger partial charge on any atom is -0.481 e. The smallest absolute Gasteiger partial charge is 0.408 e. The number of benzene rings is 2. The number of amides is 2. The van der Waals surface area contributed by atoms with Gasteiger partial charge in [-0.3, -0.25) is 9.59 Å². The molecular weight excluding hydrogens is 448 g/mol. The van der Waals surface area contributed by atoms with Gasteiger partial charge in [0.2, 0.25) is 5.91 Å². The average Bonchev–Trinajstić information content (AvgIpc) is 3.42. The van der Waals surface area contributed by atoms with Crippen molar-refractivity contribution in [1.29, 1.82) is 0 Å². The molecule has 2 atom stereocenters. The topological polar surface area (TPSA) is 105 Å². The van der Waals surface area contributed by atoms with Gasteiger partial charge in [-0.15, -0.1) is 0 Å². The lowest BCUT2D eigenvalue weighted by molar-refractivity contribution is -0.157. The highest BCUT2D eigenvalue weighted by Gasteiger charge is 2.60. The third kappa shape index (κ3) is 3.50. The van der Waals surface area contributed by atoms with Gasteiger partial charge in [-0.2, -0.15) is 0 Å². The molecule has 8 heteroatoms. The Hall–Kier alpha value is -3.39. The van der Waals surface area contributed by atoms with Gasteiger partial charge in [0.15, 0.2) is 0 Å². The van der Waals surface area contributed by atoms with Gasteiger partial charge in [-0.1, -0.05) is 48.5 Å². The van der Waals surface area contributed by atoms with Crippen molar-refractivity contribution in [3.05, 3.63) is 59.7 Å². The summed E-state index contributed by atoms with van der Waals surface area (Å²) in [6, 6.07) is 16.2. The van der Waals surface area contributed by atoms with Crippen LogP contribution < -0.4 is 5.32 Å². The fourth-order valence-electron chi connectivity index (χ4n) is 6.10. The molecule has 2 saturated heterocycles. The predicted molar refractivity (Wildman–Crippen MR) is 126 cm³/mol. The summed E-state index contributed by atoms with van der Waals surface area (Å²) in [4.78, 5) is 39.9. The van der Waals surface area contributed by atoms with Gasteiger partial charge in [-0.05, 0) is 41.5 Å². The second-order valence-electron chi connectivity index (χ2n) is 10.2. The van der Waals surface area contributed by atoms with E-state index < -0.39 is 23.0 Å². The number of carbonyl (C=O) groups excluding carboxylic acids is 2. The van der Waals surface area contributed by atoms with Gasteiger partial charge in [0, 0.05) is 31.5 Å². The van der Waals surface area contributed by atoms with Crippen molar-refractivity contribution in [3.63, 3.8) is 0 Å². The van der Waals surface area contributed by atoms with Crippen LogP contribution in [0, 0.1) is 11.3 Å². The van der Waals surface area contributed by atoms with E-state index in [1.54, 1.807) is 4.90 Å². The first kappa shape index (κ1) is 22.1. The van der Waals surface area contributed by atoms with Crippen LogP contribution in [0.4, 0.5) is 4.79 Å². The number of likely N-dealkylation sites (tertiary alicyclic amines) is 1. The zero-order valence-electron chi connectivity index (χ0n) is 19.4. The Morgan fingerprint density at radius 2 is 1.69 bits per heavy atom. The van der Waals surface area contributed by atoms with Crippen molar-refractivity contribution >= 4 is 18.0 Å². The van der Waals surface area contributed by atoms with E-state index in [9.17, 15) is 19.5 Å². The number of rotatable bonds is 5. The maximum atomic E-state index is 13.4. The van der Waals surface area contributed by atoms with Crippen molar-refractivity contribution in [2.75, 3.05) is 32.9 Å². The molecule has 182 valence electrons. The quantitative estimate of drug-likeness (QED) is 0.688. The molecule has 6 rings (SSSR count). The molecule has 0 spiro atoms. The van der Waals surface area contributed by atoms with Gasteiger partial charge in [0.05, 0.1) is 12.0 Å². The molecule has 4 aliphatic rings. The normalized spacial score (nSPS) is 25.8. The van der Waals surface area contributed by atoms with Crippen LogP contribution in [0.2, 0.25) is 0 Å². The predicted octanol–water partition coefficient (Wildman–Crippen LogP) is 3.01. The number of aliphatic carboxylic acids is 1. The number of carboxylic acids is 1. The highest BCUT2D eigenvalue weighted by atomic mass is 16.5. The number of carbonyl (C=O) groups is 3. The minimum atomic E-state index is -1.00. The van der Waals surface area contributed by atoms with Crippen molar-refractivity contribution in [3.8, 4) is 11.1 Å². The lowest BCUT2D eigenvalue weighted by Crippen LogP contribution is -2.51. The molecule has 0 unspecified atom stereocenters. The van der Waals surface area contributed by atoms with Gasteiger partial charge in [-0.25, -0.2) is 4.79 Å². The van der Waals surface area contributed by atoms with Crippen molar-refractivity contribution in [2.24, 2.45) is 11.3 Å². The van der Waals surface area contributed by atoms with Gasteiger partial charge >= 0.3 is 12.1 Å². The second kappa shape index (κ2) is 8.09. The largest absolute Gasteiger partial charge is 0.481 e. The van der Waals surface area contributed by atoms with E-state index in [1.807, 2.05) is 24.3 Å². The molecule has 2 aliphatic carbocycles. The summed E-state index contributed by atoms with van der Waals surface area (Å²) in [5.41, 5.74) is 2.58. The van der Waals surface area contributed by atoms with Crippen molar-refractivity contribution in [1.82, 2.24) is 10.2 Å². The van der Waals surface area contributed by atoms with E-state index in [1.165, 1.54) is 0 Å². The van der Waals surface area contributed by atoms with Crippen LogP contribution in [0.25, 0.3) is 11.1 Å². The summed E-state index contributed by atoms with van der Waals surface area (Å²) >= 11 is 0. The number of carboxylic acid groups (broad SMARTS) is 1. The van der Waals surface area contributed by atoms with Crippen molar-refractivity contribution in [2.45, 2.75) is 30.7 Å². The number of fused-ring (bicyclic) bond motifs is 4. The van der Waals surface area contributed by atoms with E-state index in [0.29, 0.717) is 39.0 Å². The molecule has 2 aromatic carbocycles. The minimum absolute atomic E-state index is 0.0591. The molecule has 2 aromatic rings. The summed E-state index contributed by atoms with van der Waals surface area (Å²) < 4.78 is 11.1. The first-order chi connectivity index (χ1) is 16.9. The Bertz CT molecular complexity index is 1160. The summed E-state index contributed by atoms with van der Waals surface area (Å²) in [6.45, 7) is 1.38. The standard InChI is InChI=1S/C27H28N2O6/c30-23(29-13-17-14-34-12-11-26(17,16-29)24(31)32)27(9-10-27)28-25(33)35-15-22-20-7-3-1-5-18(20)19-6-2-4-8-21(19)22/h1-8,17,22H,9-16H2,(H,28,33)(H,31,32)/t17-,26+/m0/s1. The third-order valence-electron chi connectivity index (χ3n) is 8.26. The Morgan fingerprint density at radius 1 is 1.03 bits per heavy atom. The molecule has 0 aromatic heterocycles. The number of alkyl carbamates (subject to hydrolysis) is 1. The number of hydrogen-bond acceptors (Lipinski definition) is 5. The highest BCUT2D eigenvalue weighted by molar-refractivity contribution is 5.94. The summed E-state index contributed by atoms with van der Waals surface area (Å²) in [7, 11) is 0. The molecule has 1 saturated carbocycles. The van der Waals surface area contributed by atoms with E-state index >= 15 is 0 Å². The SMILES string of the molecule is O=C(NC1(C(=O)N2C[C@H]3COCC[C@@]3(C(=O)O)C2)CC1)OCC1c2ccccc2-c2ccccc21. The number of nitrogens with one attached hydrogen (secondary N) is 1. The second-order valence-corrected chi connectivity index (χ2v) is 10.2. The Balaban J connectivity index is 1.12. The summed E-state index contributed by atoms with van der Waals surface area (Å²) in [5.74, 6) is -1.39. The maximum Gasteiger partial charge on any atom is 0.408 e. The molecule has 35 heavy (non-hydrogen) atoms. The maximum absolute atomic E-state index is 13.4. The van der Waals surface area contributed by atoms with E-state index in [4.69, 9.17) is 9.47 Å². The highest BCUT2D eigenvalue weighted by Crippen LogP contribution is 2.47. The molecule has 0 radical (unpaired) electrons. The van der Waals surface area contributed by atoms with Gasteiger partial charge in [0.1, 0.15) is 12.1 Å². The van der Waals surface area contributed by atoms with Crippen LogP contribution in [0.15, 0.2) is 48.5 Å². The molecule has 8 nitrogen and oxygen atoms in total. The monoisotopic (exact) mass is 476 g/mol. The van der Waals surface area contributed by atoms with Gasteiger partial charge in [0.25, 0.3) is 0 Å². The zero-order valence-corrected chi connectivity index (χ0v) is 19.4. The average molecular weight is 477 g/mol. The van der Waals surface area contributed by atoms with Crippen molar-refractivity contribution < 1.29 is 29.0 Å². The van der Waals surface area contributed by atoms with Crippen LogP contribution in [-0.2, 0) is 19.1 Å². The van der Waals surface area contributed by atoms with Crippen LogP contribution in [0.1, 0.15) is 36.3 Å². The Labute approximate surface area is 203 Å². The fourth-order valence-corrected chi connectivity index (χ4v) is 6.10. The van der Waals surface area contributed by atoms with Crippen LogP contribution >= 0.6 is 0 Å². The summed E-state index contributed by atoms with van der Waals surface area (Å²) in [6.07, 6.45) is 0.816. The first-order valence-electron chi connectivity index (χ1n) is 12.2. The van der Waals surface area contributed by atoms with E-state index in [2.05, 4.69) is 29.6 Å². The molecule has 2 aliphatic heterocycles. The Morgan fingerprint density at radius 3 is 2.29 bits per heavy atom. The lowest BCUT2D eigenvalue weighted by atomic mass is 9.74. The molecule has 2 amide bonds. The molecule has 2 heterocycles. The molecule has 0 bridgehead atoms. The zero-order chi connectivity index (χ0) is 24.2. The van der Waals surface area contributed by atoms with E-state index in [-0.39, 0.29) is 30.9 Å². The summed E-state index contributed by atoms with van der Waals surface area (Å²) in [5, 5.41) is 12.7. The Kier molecular flexibility index (Phi) is 5.11. The first-order valence-corrected chi connectivity index (χ1v) is 12.2. The van der Waals surface area contributed by atoms with Crippen LogP contribution in [0.3, 0.4) is 0 Å². The number of hydrogen-bond donors (Lipinski definition) is 2. The lowest BCUT2D eigenvalue weighted by Gasteiger charge is -2.34.